The summed E-state index contributed by atoms with van der Waals surface area (Å²) in [5.41, 5.74) is 0.821. The van der Waals surface area contributed by atoms with Gasteiger partial charge < -0.3 is 15.4 Å². The fourth-order valence-corrected chi connectivity index (χ4v) is 4.11. The number of nitrogens with zero attached hydrogens (tertiary/aromatic N) is 4. The summed E-state index contributed by atoms with van der Waals surface area (Å²) in [6.45, 7) is 2.53. The van der Waals surface area contributed by atoms with Crippen LogP contribution >= 0.6 is 11.6 Å². The van der Waals surface area contributed by atoms with Crippen LogP contribution in [0.4, 0.5) is 11.8 Å². The van der Waals surface area contributed by atoms with Gasteiger partial charge in [-0.15, -0.1) is 0 Å². The molecular formula is C23H25ClN6O3. The van der Waals surface area contributed by atoms with Gasteiger partial charge in [0.1, 0.15) is 11.3 Å². The van der Waals surface area contributed by atoms with Gasteiger partial charge in [-0.1, -0.05) is 11.6 Å². The normalized spacial score (nSPS) is 18.0. The Balaban J connectivity index is 1.24. The molecule has 1 aliphatic carbocycles. The standard InChI is InChI=1S/C23H25ClN6O3/c1-2-33-22(32)20(31)16-12-27-23(28-13-16)26-11-14-3-6-17(7-4-14)29-18-8-5-15-9-10-25-21(24)19(15)30-18/h5,8-10,12-14,17H,2-4,6-7,11H2,1H3,(H,29,30)(H,26,27,28)/t14-,17-. The zero-order valence-electron chi connectivity index (χ0n) is 18.3. The summed E-state index contributed by atoms with van der Waals surface area (Å²) in [6, 6.07) is 6.22. The number of halogens is 1. The van der Waals surface area contributed by atoms with E-state index in [0.717, 1.165) is 43.4 Å². The molecule has 0 amide bonds. The molecule has 0 bridgehead atoms. The maximum atomic E-state index is 11.9. The molecule has 9 nitrogen and oxygen atoms in total. The molecule has 3 aromatic heterocycles. The van der Waals surface area contributed by atoms with Crippen molar-refractivity contribution < 1.29 is 14.3 Å². The monoisotopic (exact) mass is 468 g/mol. The Kier molecular flexibility index (Phi) is 7.29. The van der Waals surface area contributed by atoms with Crippen LogP contribution in [-0.4, -0.2) is 50.9 Å². The van der Waals surface area contributed by atoms with Gasteiger partial charge in [0.25, 0.3) is 5.78 Å². The minimum atomic E-state index is -0.897. The Morgan fingerprint density at radius 2 is 1.85 bits per heavy atom. The summed E-state index contributed by atoms with van der Waals surface area (Å²) in [5.74, 6) is 0.0986. The van der Waals surface area contributed by atoms with Crippen molar-refractivity contribution in [3.8, 4) is 0 Å². The predicted molar refractivity (Wildman–Crippen MR) is 125 cm³/mol. The second-order valence-corrected chi connectivity index (χ2v) is 8.32. The number of ketones is 1. The smallest absolute Gasteiger partial charge is 0.379 e. The van der Waals surface area contributed by atoms with E-state index in [0.29, 0.717) is 28.6 Å². The molecule has 1 fully saturated rings. The molecule has 10 heteroatoms. The third-order valence-electron chi connectivity index (χ3n) is 5.69. The number of fused-ring (bicyclic) bond motifs is 1. The summed E-state index contributed by atoms with van der Waals surface area (Å²) >= 11 is 6.17. The molecule has 172 valence electrons. The van der Waals surface area contributed by atoms with Crippen LogP contribution in [-0.2, 0) is 9.53 Å². The van der Waals surface area contributed by atoms with Gasteiger partial charge in [-0.25, -0.2) is 24.7 Å². The van der Waals surface area contributed by atoms with Crippen LogP contribution in [0.3, 0.4) is 0 Å². The Labute approximate surface area is 196 Å². The molecule has 33 heavy (non-hydrogen) atoms. The summed E-state index contributed by atoms with van der Waals surface area (Å²) in [4.78, 5) is 40.4. The highest BCUT2D eigenvalue weighted by Crippen LogP contribution is 2.27. The third kappa shape index (κ3) is 5.73. The number of rotatable bonds is 8. The number of carbonyl (C=O) groups excluding carboxylic acids is 2. The summed E-state index contributed by atoms with van der Waals surface area (Å²) in [5, 5.41) is 8.12. The van der Waals surface area contributed by atoms with Crippen molar-refractivity contribution in [1.82, 2.24) is 19.9 Å². The van der Waals surface area contributed by atoms with E-state index in [1.54, 1.807) is 13.1 Å². The topological polar surface area (TPSA) is 119 Å². The van der Waals surface area contributed by atoms with Gasteiger partial charge in [-0.05, 0) is 56.7 Å². The maximum Gasteiger partial charge on any atom is 0.379 e. The van der Waals surface area contributed by atoms with E-state index in [2.05, 4.69) is 30.6 Å². The number of anilines is 2. The fourth-order valence-electron chi connectivity index (χ4n) is 3.90. The zero-order valence-corrected chi connectivity index (χ0v) is 19.0. The molecule has 0 radical (unpaired) electrons. The van der Waals surface area contributed by atoms with Gasteiger partial charge in [0.2, 0.25) is 5.95 Å². The molecule has 1 aliphatic rings. The van der Waals surface area contributed by atoms with Crippen LogP contribution in [0.5, 0.6) is 0 Å². The minimum Gasteiger partial charge on any atom is -0.460 e. The second-order valence-electron chi connectivity index (χ2n) is 7.96. The van der Waals surface area contributed by atoms with Crippen LogP contribution in [0.1, 0.15) is 43.0 Å². The minimum absolute atomic E-state index is 0.116. The number of nitrogens with one attached hydrogen (secondary N) is 2. The molecule has 3 aromatic rings. The van der Waals surface area contributed by atoms with E-state index in [1.165, 1.54) is 12.4 Å². The van der Waals surface area contributed by atoms with Crippen molar-refractivity contribution in [3.63, 3.8) is 0 Å². The molecule has 0 atom stereocenters. The lowest BCUT2D eigenvalue weighted by molar-refractivity contribution is -0.137. The van der Waals surface area contributed by atoms with Crippen molar-refractivity contribution in [3.05, 3.63) is 47.5 Å². The molecular weight excluding hydrogens is 444 g/mol. The number of Topliss-reactive ketones (excluding diaryl/α,β-unsaturated/α-hetero) is 1. The van der Waals surface area contributed by atoms with Crippen LogP contribution in [0.2, 0.25) is 5.15 Å². The number of esters is 1. The molecule has 0 aliphatic heterocycles. The highest BCUT2D eigenvalue weighted by atomic mass is 35.5. The quantitative estimate of drug-likeness (QED) is 0.219. The van der Waals surface area contributed by atoms with E-state index in [-0.39, 0.29) is 12.2 Å². The Bertz CT molecular complexity index is 1130. The van der Waals surface area contributed by atoms with Gasteiger partial charge in [0, 0.05) is 36.6 Å². The summed E-state index contributed by atoms with van der Waals surface area (Å²) in [6.07, 6.45) is 8.53. The number of ether oxygens (including phenoxy) is 1. The lowest BCUT2D eigenvalue weighted by Crippen LogP contribution is -2.29. The van der Waals surface area contributed by atoms with Gasteiger partial charge in [-0.2, -0.15) is 0 Å². The lowest BCUT2D eigenvalue weighted by atomic mass is 9.86. The van der Waals surface area contributed by atoms with E-state index in [9.17, 15) is 9.59 Å². The van der Waals surface area contributed by atoms with Gasteiger partial charge in [0.15, 0.2) is 5.15 Å². The lowest BCUT2D eigenvalue weighted by Gasteiger charge is -2.29. The number of carbonyl (C=O) groups is 2. The first-order valence-corrected chi connectivity index (χ1v) is 11.4. The molecule has 2 N–H and O–H groups in total. The summed E-state index contributed by atoms with van der Waals surface area (Å²) in [7, 11) is 0. The number of pyridine rings is 2. The average molecular weight is 469 g/mol. The first kappa shape index (κ1) is 22.8. The van der Waals surface area contributed by atoms with E-state index in [4.69, 9.17) is 16.3 Å². The predicted octanol–water partition coefficient (Wildman–Crippen LogP) is 3.90. The maximum absolute atomic E-state index is 11.9. The largest absolute Gasteiger partial charge is 0.460 e. The van der Waals surface area contributed by atoms with Crippen LogP contribution in [0.15, 0.2) is 36.8 Å². The first-order valence-electron chi connectivity index (χ1n) is 11.0. The highest BCUT2D eigenvalue weighted by molar-refractivity contribution is 6.40. The second kappa shape index (κ2) is 10.5. The van der Waals surface area contributed by atoms with Crippen LogP contribution in [0.25, 0.3) is 10.9 Å². The SMILES string of the molecule is CCOC(=O)C(=O)c1cnc(NC[C@H]2CC[C@H](Nc3ccc4ccnc(Cl)c4n3)CC2)nc1. The van der Waals surface area contributed by atoms with Crippen LogP contribution < -0.4 is 10.6 Å². The van der Waals surface area contributed by atoms with E-state index in [1.807, 2.05) is 18.2 Å². The highest BCUT2D eigenvalue weighted by Gasteiger charge is 2.22. The van der Waals surface area contributed by atoms with Gasteiger partial charge >= 0.3 is 5.97 Å². The van der Waals surface area contributed by atoms with Crippen molar-refractivity contribution >= 4 is 46.0 Å². The molecule has 0 aromatic carbocycles. The Morgan fingerprint density at radius 3 is 2.58 bits per heavy atom. The Morgan fingerprint density at radius 1 is 1.09 bits per heavy atom. The first-order chi connectivity index (χ1) is 16.0. The third-order valence-corrected chi connectivity index (χ3v) is 5.96. The van der Waals surface area contributed by atoms with E-state index < -0.39 is 11.8 Å². The van der Waals surface area contributed by atoms with Gasteiger partial charge in [0.05, 0.1) is 12.2 Å². The van der Waals surface area contributed by atoms with Crippen LogP contribution in [0, 0.1) is 5.92 Å². The zero-order chi connectivity index (χ0) is 23.2. The van der Waals surface area contributed by atoms with E-state index >= 15 is 0 Å². The van der Waals surface area contributed by atoms with Crippen molar-refractivity contribution in [2.75, 3.05) is 23.8 Å². The van der Waals surface area contributed by atoms with Crippen molar-refractivity contribution in [1.29, 1.82) is 0 Å². The fraction of sp³-hybridized carbons (Fsp3) is 0.391. The molecule has 0 saturated heterocycles. The molecule has 0 unspecified atom stereocenters. The number of hydrogen-bond acceptors (Lipinski definition) is 9. The summed E-state index contributed by atoms with van der Waals surface area (Å²) < 4.78 is 4.71. The van der Waals surface area contributed by atoms with Crippen molar-refractivity contribution in [2.24, 2.45) is 5.92 Å². The molecule has 0 spiro atoms. The van der Waals surface area contributed by atoms with Gasteiger partial charge in [-0.3, -0.25) is 4.79 Å². The molecule has 3 heterocycles. The molecule has 4 rings (SSSR count). The Hall–Kier alpha value is -3.33. The number of aromatic nitrogens is 4. The average Bonchev–Trinajstić information content (AvgIpc) is 2.84. The molecule has 1 saturated carbocycles. The van der Waals surface area contributed by atoms with Crippen molar-refractivity contribution in [2.45, 2.75) is 38.6 Å². The number of hydrogen-bond donors (Lipinski definition) is 2.